The smallest absolute Gasteiger partial charge is 0.303 e. The molecule has 2 aromatic heterocycles. The van der Waals surface area contributed by atoms with Crippen LogP contribution in [0.15, 0.2) is 42.6 Å². The largest absolute Gasteiger partial charge is 0.490 e. The van der Waals surface area contributed by atoms with Crippen LogP contribution in [0.25, 0.3) is 5.65 Å². The summed E-state index contributed by atoms with van der Waals surface area (Å²) in [6, 6.07) is 10.9. The van der Waals surface area contributed by atoms with E-state index < -0.39 is 11.9 Å². The Bertz CT molecular complexity index is 1010. The van der Waals surface area contributed by atoms with Crippen LogP contribution in [0.3, 0.4) is 0 Å². The molecule has 0 aliphatic heterocycles. The van der Waals surface area contributed by atoms with E-state index in [0.29, 0.717) is 34.4 Å². The van der Waals surface area contributed by atoms with Crippen molar-refractivity contribution in [1.82, 2.24) is 9.38 Å². The van der Waals surface area contributed by atoms with Crippen molar-refractivity contribution in [2.75, 3.05) is 6.61 Å². The van der Waals surface area contributed by atoms with Crippen molar-refractivity contribution < 1.29 is 19.4 Å². The third-order valence-corrected chi connectivity index (χ3v) is 4.72. The second-order valence-electron chi connectivity index (χ2n) is 6.53. The summed E-state index contributed by atoms with van der Waals surface area (Å²) in [5.41, 5.74) is 2.28. The van der Waals surface area contributed by atoms with E-state index in [9.17, 15) is 14.7 Å². The molecular formula is C21H21ClN2O4. The number of aromatic nitrogens is 2. The van der Waals surface area contributed by atoms with Crippen LogP contribution in [-0.4, -0.2) is 32.9 Å². The molecule has 1 atom stereocenters. The van der Waals surface area contributed by atoms with Gasteiger partial charge in [-0.2, -0.15) is 0 Å². The maximum atomic E-state index is 13.1. The van der Waals surface area contributed by atoms with Gasteiger partial charge in [0.2, 0.25) is 0 Å². The second kappa shape index (κ2) is 8.44. The van der Waals surface area contributed by atoms with E-state index >= 15 is 0 Å². The van der Waals surface area contributed by atoms with Gasteiger partial charge in [0, 0.05) is 24.6 Å². The highest BCUT2D eigenvalue weighted by molar-refractivity contribution is 6.30. The number of nitrogens with zero attached hydrogens (tertiary/aromatic N) is 2. The summed E-state index contributed by atoms with van der Waals surface area (Å²) in [5.74, 6) is -1.06. The zero-order chi connectivity index (χ0) is 20.3. The number of benzene rings is 1. The van der Waals surface area contributed by atoms with Crippen molar-refractivity contribution in [3.05, 3.63) is 64.6 Å². The quantitative estimate of drug-likeness (QED) is 0.562. The second-order valence-corrected chi connectivity index (χ2v) is 6.96. The molecule has 7 heteroatoms. The number of ether oxygens (including phenoxy) is 1. The van der Waals surface area contributed by atoms with Crippen LogP contribution in [0, 0.1) is 6.92 Å². The Balaban J connectivity index is 2.00. The lowest BCUT2D eigenvalue weighted by atomic mass is 9.90. The van der Waals surface area contributed by atoms with Gasteiger partial charge in [-0.15, -0.1) is 0 Å². The fourth-order valence-corrected chi connectivity index (χ4v) is 3.55. The molecule has 0 saturated heterocycles. The summed E-state index contributed by atoms with van der Waals surface area (Å²) in [7, 11) is 0. The Morgan fingerprint density at radius 1 is 1.25 bits per heavy atom. The zero-order valence-electron chi connectivity index (χ0n) is 15.7. The predicted octanol–water partition coefficient (Wildman–Crippen LogP) is 4.53. The Labute approximate surface area is 167 Å². The Kier molecular flexibility index (Phi) is 5.99. The highest BCUT2D eigenvalue weighted by atomic mass is 35.5. The van der Waals surface area contributed by atoms with E-state index in [2.05, 4.69) is 4.98 Å². The summed E-state index contributed by atoms with van der Waals surface area (Å²) < 4.78 is 7.23. The number of ketones is 1. The van der Waals surface area contributed by atoms with Crippen LogP contribution in [0.4, 0.5) is 0 Å². The van der Waals surface area contributed by atoms with Gasteiger partial charge in [0.15, 0.2) is 17.2 Å². The molecule has 0 radical (unpaired) electrons. The SMILES string of the molecule is CCOc1cc(Cl)cn2c(C(=O)C[C@@H](CC(=O)O)c3ccccc3)c(C)nc12. The van der Waals surface area contributed by atoms with Crippen LogP contribution < -0.4 is 4.74 Å². The van der Waals surface area contributed by atoms with Gasteiger partial charge in [-0.1, -0.05) is 41.9 Å². The predicted molar refractivity (Wildman–Crippen MR) is 106 cm³/mol. The maximum absolute atomic E-state index is 13.1. The number of Topliss-reactive ketones (excluding diaryl/α,β-unsaturated/α-hetero) is 1. The molecule has 3 rings (SSSR count). The average Bonchev–Trinajstić information content (AvgIpc) is 2.97. The van der Waals surface area contributed by atoms with Crippen molar-refractivity contribution in [3.63, 3.8) is 0 Å². The van der Waals surface area contributed by atoms with Crippen LogP contribution >= 0.6 is 11.6 Å². The number of fused-ring (bicyclic) bond motifs is 1. The third-order valence-electron chi connectivity index (χ3n) is 4.51. The number of rotatable bonds is 8. The van der Waals surface area contributed by atoms with Gasteiger partial charge in [-0.05, 0) is 19.4 Å². The minimum absolute atomic E-state index is 0.0570. The molecule has 0 unspecified atom stereocenters. The van der Waals surface area contributed by atoms with Crippen LogP contribution in [0.2, 0.25) is 5.02 Å². The molecular weight excluding hydrogens is 380 g/mol. The van der Waals surface area contributed by atoms with Crippen molar-refractivity contribution >= 4 is 29.0 Å². The maximum Gasteiger partial charge on any atom is 0.303 e. The lowest BCUT2D eigenvalue weighted by molar-refractivity contribution is -0.137. The molecule has 28 heavy (non-hydrogen) atoms. The fourth-order valence-electron chi connectivity index (χ4n) is 3.36. The third kappa shape index (κ3) is 4.17. The zero-order valence-corrected chi connectivity index (χ0v) is 16.4. The van der Waals surface area contributed by atoms with E-state index in [-0.39, 0.29) is 18.6 Å². The number of imidazole rings is 1. The van der Waals surface area contributed by atoms with Gasteiger partial charge < -0.3 is 9.84 Å². The van der Waals surface area contributed by atoms with E-state index in [1.807, 2.05) is 37.3 Å². The molecule has 0 fully saturated rings. The van der Waals surface area contributed by atoms with Gasteiger partial charge in [0.1, 0.15) is 5.69 Å². The first kappa shape index (κ1) is 19.9. The molecule has 3 aromatic rings. The van der Waals surface area contributed by atoms with Gasteiger partial charge >= 0.3 is 5.97 Å². The highest BCUT2D eigenvalue weighted by Crippen LogP contribution is 2.30. The number of aliphatic carboxylic acids is 1. The number of hydrogen-bond donors (Lipinski definition) is 1. The van der Waals surface area contributed by atoms with E-state index in [0.717, 1.165) is 5.56 Å². The van der Waals surface area contributed by atoms with E-state index in [1.165, 1.54) is 0 Å². The standard InChI is InChI=1S/C21H21ClN2O4/c1-3-28-18-11-16(22)12-24-20(13(2)23-21(18)24)17(25)9-15(10-19(26)27)14-7-5-4-6-8-14/h4-8,11-12,15H,3,9-10H2,1-2H3,(H,26,27)/t15-/m0/s1. The monoisotopic (exact) mass is 400 g/mol. The number of carboxylic acids is 1. The molecule has 0 aliphatic rings. The van der Waals surface area contributed by atoms with Crippen molar-refractivity contribution in [1.29, 1.82) is 0 Å². The summed E-state index contributed by atoms with van der Waals surface area (Å²) in [6.45, 7) is 4.05. The number of halogens is 1. The molecule has 0 aliphatic carbocycles. The minimum atomic E-state index is -0.946. The lowest BCUT2D eigenvalue weighted by Gasteiger charge is -2.15. The van der Waals surface area contributed by atoms with Gasteiger partial charge in [-0.3, -0.25) is 14.0 Å². The molecule has 0 bridgehead atoms. The molecule has 0 spiro atoms. The van der Waals surface area contributed by atoms with Crippen molar-refractivity contribution in [2.45, 2.75) is 32.6 Å². The number of carbonyl (C=O) groups is 2. The average molecular weight is 401 g/mol. The molecule has 0 saturated carbocycles. The lowest BCUT2D eigenvalue weighted by Crippen LogP contribution is -2.14. The number of pyridine rings is 1. The first-order chi connectivity index (χ1) is 13.4. The summed E-state index contributed by atoms with van der Waals surface area (Å²) >= 11 is 6.20. The molecule has 1 N–H and O–H groups in total. The molecule has 0 amide bonds. The first-order valence-electron chi connectivity index (χ1n) is 9.01. The topological polar surface area (TPSA) is 80.9 Å². The minimum Gasteiger partial charge on any atom is -0.490 e. The molecule has 2 heterocycles. The van der Waals surface area contributed by atoms with Crippen LogP contribution in [0.1, 0.15) is 47.4 Å². The number of aryl methyl sites for hydroxylation is 1. The van der Waals surface area contributed by atoms with E-state index in [1.54, 1.807) is 23.6 Å². The Hall–Kier alpha value is -2.86. The van der Waals surface area contributed by atoms with Crippen LogP contribution in [0.5, 0.6) is 5.75 Å². The van der Waals surface area contributed by atoms with Crippen LogP contribution in [-0.2, 0) is 4.79 Å². The number of hydrogen-bond acceptors (Lipinski definition) is 4. The molecule has 6 nitrogen and oxygen atoms in total. The van der Waals surface area contributed by atoms with Crippen molar-refractivity contribution in [3.8, 4) is 5.75 Å². The number of carboxylic acid groups (broad SMARTS) is 1. The fraction of sp³-hybridized carbons (Fsp3) is 0.286. The van der Waals surface area contributed by atoms with Crippen molar-refractivity contribution in [2.24, 2.45) is 0 Å². The highest BCUT2D eigenvalue weighted by Gasteiger charge is 2.25. The summed E-state index contributed by atoms with van der Waals surface area (Å²) in [4.78, 5) is 29.0. The Morgan fingerprint density at radius 2 is 1.96 bits per heavy atom. The molecule has 1 aromatic carbocycles. The first-order valence-corrected chi connectivity index (χ1v) is 9.39. The van der Waals surface area contributed by atoms with Gasteiger partial charge in [-0.25, -0.2) is 4.98 Å². The summed E-state index contributed by atoms with van der Waals surface area (Å²) in [6.07, 6.45) is 1.55. The van der Waals surface area contributed by atoms with Gasteiger partial charge in [0.05, 0.1) is 23.7 Å². The Morgan fingerprint density at radius 3 is 2.61 bits per heavy atom. The van der Waals surface area contributed by atoms with E-state index in [4.69, 9.17) is 16.3 Å². The van der Waals surface area contributed by atoms with Gasteiger partial charge in [0.25, 0.3) is 0 Å². The number of carbonyl (C=O) groups excluding carboxylic acids is 1. The summed E-state index contributed by atoms with van der Waals surface area (Å²) in [5, 5.41) is 9.71. The molecule has 146 valence electrons. The normalized spacial score (nSPS) is 12.1.